The number of hydrogen-bond acceptors (Lipinski definition) is 1. The van der Waals surface area contributed by atoms with Crippen molar-refractivity contribution in [1.82, 2.24) is 0 Å². The second kappa shape index (κ2) is 9.27. The second-order valence-electron chi connectivity index (χ2n) is 3.47. The summed E-state index contributed by atoms with van der Waals surface area (Å²) in [7, 11) is 0.902. The van der Waals surface area contributed by atoms with Gasteiger partial charge in [-0.05, 0) is 12.8 Å². The third-order valence-corrected chi connectivity index (χ3v) is 3.08. The van der Waals surface area contributed by atoms with Crippen LogP contribution < -0.4 is 0 Å². The van der Waals surface area contributed by atoms with Gasteiger partial charge in [0, 0.05) is 6.10 Å². The molecule has 0 bridgehead atoms. The minimum atomic E-state index is 0.568. The summed E-state index contributed by atoms with van der Waals surface area (Å²) in [5.74, 6) is 0. The number of rotatable bonds is 8. The molecular formula is C10H24OSi. The maximum Gasteiger partial charge on any atom is 0.146 e. The predicted octanol–water partition coefficient (Wildman–Crippen LogP) is 2.42. The van der Waals surface area contributed by atoms with Crippen LogP contribution in [0.5, 0.6) is 0 Å². The smallest absolute Gasteiger partial charge is 0.146 e. The van der Waals surface area contributed by atoms with Crippen molar-refractivity contribution in [2.75, 3.05) is 0 Å². The van der Waals surface area contributed by atoms with Crippen LogP contribution in [0.25, 0.3) is 0 Å². The highest BCUT2D eigenvalue weighted by molar-refractivity contribution is 5.98. The van der Waals surface area contributed by atoms with E-state index >= 15 is 0 Å². The van der Waals surface area contributed by atoms with E-state index in [4.69, 9.17) is 4.43 Å². The van der Waals surface area contributed by atoms with Crippen molar-refractivity contribution in [1.29, 1.82) is 0 Å². The van der Waals surface area contributed by atoms with E-state index < -0.39 is 0 Å². The van der Waals surface area contributed by atoms with Crippen molar-refractivity contribution in [2.24, 2.45) is 0 Å². The van der Waals surface area contributed by atoms with E-state index in [2.05, 4.69) is 13.8 Å². The Bertz CT molecular complexity index is 81.9. The fourth-order valence-corrected chi connectivity index (χ4v) is 2.03. The van der Waals surface area contributed by atoms with Gasteiger partial charge in [0.15, 0.2) is 0 Å². The van der Waals surface area contributed by atoms with E-state index in [1.807, 2.05) is 0 Å². The van der Waals surface area contributed by atoms with Gasteiger partial charge in [0.2, 0.25) is 0 Å². The van der Waals surface area contributed by atoms with Gasteiger partial charge in [-0.2, -0.15) is 0 Å². The highest BCUT2D eigenvalue weighted by Crippen LogP contribution is 2.10. The standard InChI is InChI=1S/C10H24OSi/c1-3-5-6-7-8-9-10(4-2)11-12/h10H,3-9H2,1-2,12H3. The van der Waals surface area contributed by atoms with E-state index in [1.54, 1.807) is 0 Å². The van der Waals surface area contributed by atoms with Gasteiger partial charge in [0.05, 0.1) is 0 Å². The summed E-state index contributed by atoms with van der Waals surface area (Å²) in [6.07, 6.45) is 9.95. The predicted molar refractivity (Wildman–Crippen MR) is 58.5 cm³/mol. The van der Waals surface area contributed by atoms with Crippen LogP contribution in [0.2, 0.25) is 0 Å². The highest BCUT2D eigenvalue weighted by Gasteiger charge is 2.01. The normalized spacial score (nSPS) is 13.5. The lowest BCUT2D eigenvalue weighted by molar-refractivity contribution is 0.200. The van der Waals surface area contributed by atoms with Gasteiger partial charge in [-0.25, -0.2) is 0 Å². The number of hydrogen-bond donors (Lipinski definition) is 0. The molecule has 0 aromatic heterocycles. The van der Waals surface area contributed by atoms with E-state index in [-0.39, 0.29) is 0 Å². The summed E-state index contributed by atoms with van der Waals surface area (Å²) < 4.78 is 5.44. The molecule has 0 aromatic rings. The molecule has 1 atom stereocenters. The Morgan fingerprint density at radius 1 is 1.08 bits per heavy atom. The Hall–Kier alpha value is 0.177. The van der Waals surface area contributed by atoms with Crippen LogP contribution >= 0.6 is 0 Å². The quantitative estimate of drug-likeness (QED) is 0.420. The van der Waals surface area contributed by atoms with Crippen LogP contribution in [-0.4, -0.2) is 16.6 Å². The molecule has 0 N–H and O–H groups in total. The van der Waals surface area contributed by atoms with Gasteiger partial charge in [-0.3, -0.25) is 0 Å². The fourth-order valence-electron chi connectivity index (χ4n) is 1.46. The van der Waals surface area contributed by atoms with Gasteiger partial charge in [0.25, 0.3) is 0 Å². The molecule has 0 rings (SSSR count). The third-order valence-electron chi connectivity index (χ3n) is 2.42. The third kappa shape index (κ3) is 6.86. The van der Waals surface area contributed by atoms with Crippen molar-refractivity contribution < 1.29 is 4.43 Å². The van der Waals surface area contributed by atoms with E-state index in [0.717, 1.165) is 10.5 Å². The number of unbranched alkanes of at least 4 members (excludes halogenated alkanes) is 4. The summed E-state index contributed by atoms with van der Waals surface area (Å²) in [5, 5.41) is 0. The first-order chi connectivity index (χ1) is 5.85. The summed E-state index contributed by atoms with van der Waals surface area (Å²) in [4.78, 5) is 0. The van der Waals surface area contributed by atoms with Crippen LogP contribution in [0.15, 0.2) is 0 Å². The second-order valence-corrected chi connectivity index (χ2v) is 3.94. The Labute approximate surface area is 80.4 Å². The Morgan fingerprint density at radius 2 is 1.75 bits per heavy atom. The van der Waals surface area contributed by atoms with E-state index in [9.17, 15) is 0 Å². The van der Waals surface area contributed by atoms with Gasteiger partial charge >= 0.3 is 0 Å². The maximum absolute atomic E-state index is 5.44. The minimum Gasteiger partial charge on any atom is -0.425 e. The largest absolute Gasteiger partial charge is 0.425 e. The molecule has 0 fully saturated rings. The SMILES string of the molecule is CCCCCCCC(CC)O[SiH3]. The van der Waals surface area contributed by atoms with Crippen molar-refractivity contribution in [2.45, 2.75) is 64.9 Å². The molecule has 0 aliphatic rings. The molecule has 0 spiro atoms. The lowest BCUT2D eigenvalue weighted by Crippen LogP contribution is -2.09. The fraction of sp³-hybridized carbons (Fsp3) is 1.00. The van der Waals surface area contributed by atoms with Crippen LogP contribution in [-0.2, 0) is 4.43 Å². The molecule has 2 heteroatoms. The summed E-state index contributed by atoms with van der Waals surface area (Å²) in [5.41, 5.74) is 0. The van der Waals surface area contributed by atoms with Gasteiger partial charge < -0.3 is 4.43 Å². The molecule has 0 saturated heterocycles. The topological polar surface area (TPSA) is 9.23 Å². The molecule has 1 nitrogen and oxygen atoms in total. The molecular weight excluding hydrogens is 164 g/mol. The molecule has 0 aromatic carbocycles. The van der Waals surface area contributed by atoms with Crippen LogP contribution in [0, 0.1) is 0 Å². The molecule has 0 radical (unpaired) electrons. The molecule has 0 amide bonds. The van der Waals surface area contributed by atoms with Crippen molar-refractivity contribution in [3.8, 4) is 0 Å². The van der Waals surface area contributed by atoms with Crippen LogP contribution in [0.3, 0.4) is 0 Å². The monoisotopic (exact) mass is 188 g/mol. The van der Waals surface area contributed by atoms with Gasteiger partial charge in [-0.15, -0.1) is 0 Å². The molecule has 0 aliphatic heterocycles. The van der Waals surface area contributed by atoms with Crippen LogP contribution in [0.4, 0.5) is 0 Å². The Kier molecular flexibility index (Phi) is 9.40. The first-order valence-corrected chi connectivity index (χ1v) is 6.19. The molecule has 1 unspecified atom stereocenters. The molecule has 0 heterocycles. The van der Waals surface area contributed by atoms with Crippen molar-refractivity contribution in [3.05, 3.63) is 0 Å². The van der Waals surface area contributed by atoms with E-state index in [1.165, 1.54) is 44.9 Å². The molecule has 0 aliphatic carbocycles. The minimum absolute atomic E-state index is 0.568. The van der Waals surface area contributed by atoms with Crippen molar-refractivity contribution in [3.63, 3.8) is 0 Å². The van der Waals surface area contributed by atoms with Gasteiger partial charge in [0.1, 0.15) is 10.5 Å². The van der Waals surface area contributed by atoms with Gasteiger partial charge in [-0.1, -0.05) is 46.0 Å². The summed E-state index contributed by atoms with van der Waals surface area (Å²) in [6, 6.07) is 0. The first kappa shape index (κ1) is 12.2. The maximum atomic E-state index is 5.44. The van der Waals surface area contributed by atoms with Crippen LogP contribution in [0.1, 0.15) is 58.8 Å². The average molecular weight is 188 g/mol. The molecule has 0 saturated carbocycles. The lowest BCUT2D eigenvalue weighted by atomic mass is 10.1. The first-order valence-electron chi connectivity index (χ1n) is 5.37. The average Bonchev–Trinajstić information content (AvgIpc) is 2.11. The Balaban J connectivity index is 3.06. The zero-order valence-corrected chi connectivity index (χ0v) is 10.9. The van der Waals surface area contributed by atoms with Crippen molar-refractivity contribution >= 4 is 10.5 Å². The Morgan fingerprint density at radius 3 is 2.25 bits per heavy atom. The zero-order valence-electron chi connectivity index (χ0n) is 8.94. The van der Waals surface area contributed by atoms with E-state index in [0.29, 0.717) is 6.10 Å². The lowest BCUT2D eigenvalue weighted by Gasteiger charge is -2.12. The summed E-state index contributed by atoms with van der Waals surface area (Å²) >= 11 is 0. The molecule has 74 valence electrons. The zero-order chi connectivity index (χ0) is 9.23. The highest BCUT2D eigenvalue weighted by atomic mass is 28.2. The summed E-state index contributed by atoms with van der Waals surface area (Å²) in [6.45, 7) is 4.48. The molecule has 12 heavy (non-hydrogen) atoms.